The zero-order valence-electron chi connectivity index (χ0n) is 29.2. The van der Waals surface area contributed by atoms with Gasteiger partial charge in [-0.05, 0) is 58.7 Å². The van der Waals surface area contributed by atoms with E-state index in [0.717, 1.165) is 27.8 Å². The van der Waals surface area contributed by atoms with Gasteiger partial charge in [-0.3, -0.25) is 0 Å². The van der Waals surface area contributed by atoms with Crippen LogP contribution in [0, 0.1) is 0 Å². The van der Waals surface area contributed by atoms with E-state index in [0.29, 0.717) is 17.5 Å². The predicted octanol–water partition coefficient (Wildman–Crippen LogP) is 12.6. The molecule has 53 heavy (non-hydrogen) atoms. The molecule has 0 amide bonds. The highest BCUT2D eigenvalue weighted by Gasteiger charge is 2.36. The first-order valence-electron chi connectivity index (χ1n) is 18.0. The lowest BCUT2D eigenvalue weighted by Crippen LogP contribution is -2.14. The summed E-state index contributed by atoms with van der Waals surface area (Å²) in [5.41, 5.74) is 11.8. The molecule has 0 radical (unpaired) electrons. The molecule has 0 saturated heterocycles. The Balaban J connectivity index is 1.22. The largest absolute Gasteiger partial charge is 0.308 e. The van der Waals surface area contributed by atoms with Gasteiger partial charge < -0.3 is 4.57 Å². The first kappa shape index (κ1) is 30.2. The number of aromatic nitrogens is 4. The van der Waals surface area contributed by atoms with Crippen molar-refractivity contribution in [2.45, 2.75) is 19.3 Å². The van der Waals surface area contributed by atoms with Crippen molar-refractivity contribution in [2.24, 2.45) is 0 Å². The summed E-state index contributed by atoms with van der Waals surface area (Å²) in [5, 5.41) is 4.89. The van der Waals surface area contributed by atoms with Crippen molar-refractivity contribution < 1.29 is 0 Å². The third-order valence-electron chi connectivity index (χ3n) is 11.1. The maximum Gasteiger partial charge on any atom is 0.164 e. The van der Waals surface area contributed by atoms with Gasteiger partial charge in [-0.2, -0.15) is 0 Å². The smallest absolute Gasteiger partial charge is 0.164 e. The highest BCUT2D eigenvalue weighted by molar-refractivity contribution is 7.26. The van der Waals surface area contributed by atoms with Crippen LogP contribution in [0.15, 0.2) is 158 Å². The normalized spacial score (nSPS) is 13.2. The molecule has 1 aliphatic rings. The van der Waals surface area contributed by atoms with Gasteiger partial charge >= 0.3 is 0 Å². The van der Waals surface area contributed by atoms with E-state index in [9.17, 15) is 0 Å². The molecule has 0 aliphatic heterocycles. The summed E-state index contributed by atoms with van der Waals surface area (Å²) >= 11 is 1.84. The van der Waals surface area contributed by atoms with Crippen molar-refractivity contribution in [3.05, 3.63) is 169 Å². The van der Waals surface area contributed by atoms with Gasteiger partial charge in [-0.25, -0.2) is 15.0 Å². The predicted molar refractivity (Wildman–Crippen MR) is 221 cm³/mol. The lowest BCUT2D eigenvalue weighted by Gasteiger charge is -2.21. The second kappa shape index (κ2) is 11.3. The Morgan fingerprint density at radius 3 is 1.85 bits per heavy atom. The second-order valence-electron chi connectivity index (χ2n) is 14.4. The number of hydrogen-bond acceptors (Lipinski definition) is 4. The molecule has 0 bridgehead atoms. The fourth-order valence-corrected chi connectivity index (χ4v) is 9.76. The minimum absolute atomic E-state index is 0.0779. The number of nitrogens with zero attached hydrogens (tertiary/aromatic N) is 4. The van der Waals surface area contributed by atoms with Crippen LogP contribution in [0.5, 0.6) is 0 Å². The lowest BCUT2D eigenvalue weighted by molar-refractivity contribution is 0.661. The molecule has 0 atom stereocenters. The third kappa shape index (κ3) is 4.44. The molecule has 1 aliphatic carbocycles. The van der Waals surface area contributed by atoms with Crippen molar-refractivity contribution in [2.75, 3.05) is 0 Å². The van der Waals surface area contributed by atoms with E-state index in [1.807, 2.05) is 47.7 Å². The van der Waals surface area contributed by atoms with E-state index < -0.39 is 0 Å². The maximum atomic E-state index is 5.18. The highest BCUT2D eigenvalue weighted by atomic mass is 32.1. The molecule has 10 aromatic rings. The van der Waals surface area contributed by atoms with Crippen LogP contribution in [0.2, 0.25) is 0 Å². The van der Waals surface area contributed by atoms with E-state index in [2.05, 4.69) is 140 Å². The minimum Gasteiger partial charge on any atom is -0.308 e. The van der Waals surface area contributed by atoms with E-state index in [1.165, 1.54) is 58.8 Å². The molecule has 0 N–H and O–H groups in total. The van der Waals surface area contributed by atoms with E-state index in [1.54, 1.807) is 0 Å². The number of hydrogen-bond donors (Lipinski definition) is 0. The monoisotopic (exact) mass is 696 g/mol. The Kier molecular flexibility index (Phi) is 6.43. The standard InChI is InChI=1S/C48H32N4S/c1-48(2)37-22-12-9-19-31(37)35-28-41-36(27-38(35)48)32-20-10-13-23-39(32)52(41)40-26-25-34(43-33-21-11-14-24-42(33)53-44(40)43)47-50-45(29-15-5-3-6-16-29)49-46(51-47)30-17-7-4-8-18-30/h3-28H,1-2H3. The summed E-state index contributed by atoms with van der Waals surface area (Å²) in [7, 11) is 0. The lowest BCUT2D eigenvalue weighted by atomic mass is 9.82. The molecule has 3 heterocycles. The number of thiophene rings is 1. The summed E-state index contributed by atoms with van der Waals surface area (Å²) in [6.07, 6.45) is 0. The number of para-hydroxylation sites is 1. The van der Waals surface area contributed by atoms with Crippen LogP contribution >= 0.6 is 11.3 Å². The number of rotatable bonds is 4. The SMILES string of the molecule is CC1(C)c2ccccc2-c2cc3c(cc21)c1ccccc1n3-c1ccc(-c2nc(-c3ccccc3)nc(-c3ccccc3)n2)c2c1sc1ccccc12. The molecule has 0 unspecified atom stereocenters. The van der Waals surface area contributed by atoms with Gasteiger partial charge in [0.1, 0.15) is 0 Å². The molecular formula is C48H32N4S. The van der Waals surface area contributed by atoms with Crippen molar-refractivity contribution in [3.63, 3.8) is 0 Å². The summed E-state index contributed by atoms with van der Waals surface area (Å²) in [4.78, 5) is 15.3. The highest BCUT2D eigenvalue weighted by Crippen LogP contribution is 2.52. The molecular weight excluding hydrogens is 665 g/mol. The van der Waals surface area contributed by atoms with E-state index >= 15 is 0 Å². The molecule has 5 heteroatoms. The fraction of sp³-hybridized carbons (Fsp3) is 0.0625. The van der Waals surface area contributed by atoms with Crippen LogP contribution in [-0.2, 0) is 5.41 Å². The average molecular weight is 697 g/mol. The second-order valence-corrected chi connectivity index (χ2v) is 15.5. The number of fused-ring (bicyclic) bond motifs is 9. The van der Waals surface area contributed by atoms with Crippen molar-refractivity contribution >= 4 is 53.3 Å². The molecule has 0 fully saturated rings. The van der Waals surface area contributed by atoms with Crippen LogP contribution in [-0.4, -0.2) is 19.5 Å². The van der Waals surface area contributed by atoms with E-state index in [-0.39, 0.29) is 5.41 Å². The van der Waals surface area contributed by atoms with Crippen LogP contribution in [0.3, 0.4) is 0 Å². The molecule has 250 valence electrons. The molecule has 4 nitrogen and oxygen atoms in total. The summed E-state index contributed by atoms with van der Waals surface area (Å²) in [6, 6.07) is 56.3. The molecule has 0 saturated carbocycles. The van der Waals surface area contributed by atoms with Gasteiger partial charge in [0.05, 0.1) is 21.4 Å². The Hall–Kier alpha value is -6.43. The summed E-state index contributed by atoms with van der Waals surface area (Å²) < 4.78 is 4.92. The zero-order valence-corrected chi connectivity index (χ0v) is 30.0. The molecule has 0 spiro atoms. The summed E-state index contributed by atoms with van der Waals surface area (Å²) in [6.45, 7) is 4.71. The van der Waals surface area contributed by atoms with Gasteiger partial charge in [0.25, 0.3) is 0 Å². The Bertz CT molecular complexity index is 3020. The Morgan fingerprint density at radius 1 is 0.472 bits per heavy atom. The molecule has 7 aromatic carbocycles. The molecule has 3 aromatic heterocycles. The van der Waals surface area contributed by atoms with E-state index in [4.69, 9.17) is 15.0 Å². The molecule has 11 rings (SSSR count). The first-order chi connectivity index (χ1) is 26.0. The third-order valence-corrected chi connectivity index (χ3v) is 12.3. The fourth-order valence-electron chi connectivity index (χ4n) is 8.53. The first-order valence-corrected chi connectivity index (χ1v) is 18.9. The van der Waals surface area contributed by atoms with Crippen molar-refractivity contribution in [3.8, 4) is 51.0 Å². The maximum absolute atomic E-state index is 5.18. The van der Waals surface area contributed by atoms with Crippen LogP contribution < -0.4 is 0 Å². The Morgan fingerprint density at radius 2 is 1.09 bits per heavy atom. The Labute approximate surface area is 310 Å². The number of benzene rings is 7. The summed E-state index contributed by atoms with van der Waals surface area (Å²) in [5.74, 6) is 1.98. The van der Waals surface area contributed by atoms with Gasteiger partial charge in [-0.1, -0.05) is 135 Å². The van der Waals surface area contributed by atoms with Crippen molar-refractivity contribution in [1.82, 2.24) is 19.5 Å². The van der Waals surface area contributed by atoms with Gasteiger partial charge in [0, 0.05) is 48.4 Å². The van der Waals surface area contributed by atoms with Gasteiger partial charge in [-0.15, -0.1) is 11.3 Å². The van der Waals surface area contributed by atoms with Crippen LogP contribution in [0.4, 0.5) is 0 Å². The van der Waals surface area contributed by atoms with Gasteiger partial charge in [0.15, 0.2) is 17.5 Å². The quantitative estimate of drug-likeness (QED) is 0.184. The average Bonchev–Trinajstić information content (AvgIpc) is 3.83. The van der Waals surface area contributed by atoms with Crippen molar-refractivity contribution in [1.29, 1.82) is 0 Å². The zero-order chi connectivity index (χ0) is 35.3. The van der Waals surface area contributed by atoms with Gasteiger partial charge in [0.2, 0.25) is 0 Å². The minimum atomic E-state index is -0.0779. The van der Waals surface area contributed by atoms with Crippen LogP contribution in [0.1, 0.15) is 25.0 Å². The van der Waals surface area contributed by atoms with Crippen LogP contribution in [0.25, 0.3) is 93.0 Å². The topological polar surface area (TPSA) is 43.6 Å².